The van der Waals surface area contributed by atoms with Crippen molar-refractivity contribution in [2.75, 3.05) is 13.2 Å². The van der Waals surface area contributed by atoms with E-state index in [4.69, 9.17) is 15.9 Å². The molecule has 0 spiro atoms. The Hall–Kier alpha value is -2.20. The molecule has 7 N–H and O–H groups in total. The zero-order chi connectivity index (χ0) is 21.1. The molecule has 0 fully saturated rings. The lowest BCUT2D eigenvalue weighted by atomic mass is 9.98. The molecule has 0 aromatic heterocycles. The highest BCUT2D eigenvalue weighted by Gasteiger charge is 2.27. The lowest BCUT2D eigenvalue weighted by molar-refractivity contribution is -0.142. The zero-order valence-corrected chi connectivity index (χ0v) is 16.3. The predicted octanol–water partition coefficient (Wildman–Crippen LogP) is -1.43. The van der Waals surface area contributed by atoms with Gasteiger partial charge in [0.05, 0.1) is 19.2 Å². The van der Waals surface area contributed by atoms with Gasteiger partial charge in [-0.15, -0.1) is 0 Å². The molecule has 0 aliphatic rings. The third kappa shape index (κ3) is 9.34. The molecule has 10 nitrogen and oxygen atoms in total. The Morgan fingerprint density at radius 1 is 1.00 bits per heavy atom. The van der Waals surface area contributed by atoms with Gasteiger partial charge in [0.15, 0.2) is 0 Å². The van der Waals surface area contributed by atoms with E-state index in [-0.39, 0.29) is 11.8 Å². The van der Waals surface area contributed by atoms with Gasteiger partial charge < -0.3 is 31.9 Å². The minimum atomic E-state index is -1.45. The highest BCUT2D eigenvalue weighted by molar-refractivity contribution is 5.92. The molecule has 0 aliphatic carbocycles. The summed E-state index contributed by atoms with van der Waals surface area (Å²) < 4.78 is 0. The number of carboxylic acids is 1. The molecule has 3 amide bonds. The summed E-state index contributed by atoms with van der Waals surface area (Å²) in [7, 11) is 0. The second-order valence-corrected chi connectivity index (χ2v) is 6.96. The number of aliphatic carboxylic acids is 1. The van der Waals surface area contributed by atoms with E-state index in [2.05, 4.69) is 16.0 Å². The van der Waals surface area contributed by atoms with Gasteiger partial charge in [0.25, 0.3) is 0 Å². The summed E-state index contributed by atoms with van der Waals surface area (Å²) in [4.78, 5) is 47.1. The third-order valence-electron chi connectivity index (χ3n) is 4.14. The summed E-state index contributed by atoms with van der Waals surface area (Å²) in [6.45, 7) is 6.26. The topological polar surface area (TPSA) is 171 Å². The molecule has 4 atom stereocenters. The van der Waals surface area contributed by atoms with Crippen LogP contribution >= 0.6 is 0 Å². The number of rotatable bonds is 12. The van der Waals surface area contributed by atoms with Crippen molar-refractivity contribution in [3.8, 4) is 0 Å². The molecule has 10 heteroatoms. The Morgan fingerprint density at radius 2 is 1.59 bits per heavy atom. The summed E-state index contributed by atoms with van der Waals surface area (Å²) in [5, 5.41) is 24.7. The average molecular weight is 388 g/mol. The van der Waals surface area contributed by atoms with Crippen molar-refractivity contribution in [3.05, 3.63) is 0 Å². The first kappa shape index (κ1) is 24.8. The van der Waals surface area contributed by atoms with Crippen molar-refractivity contribution >= 4 is 23.7 Å². The van der Waals surface area contributed by atoms with Crippen LogP contribution in [0.4, 0.5) is 0 Å². The Bertz CT molecular complexity index is 526. The van der Waals surface area contributed by atoms with Gasteiger partial charge in [-0.3, -0.25) is 14.4 Å². The molecule has 0 radical (unpaired) electrons. The van der Waals surface area contributed by atoms with Crippen molar-refractivity contribution in [3.63, 3.8) is 0 Å². The van der Waals surface area contributed by atoms with E-state index in [1.54, 1.807) is 0 Å². The van der Waals surface area contributed by atoms with Crippen LogP contribution in [0.3, 0.4) is 0 Å². The number of nitrogens with one attached hydrogen (secondary N) is 3. The van der Waals surface area contributed by atoms with Gasteiger partial charge in [-0.2, -0.15) is 0 Å². The highest BCUT2D eigenvalue weighted by atomic mass is 16.4. The number of hydrogen-bond donors (Lipinski definition) is 6. The fourth-order valence-electron chi connectivity index (χ4n) is 2.20. The van der Waals surface area contributed by atoms with E-state index in [9.17, 15) is 19.2 Å². The van der Waals surface area contributed by atoms with Crippen LogP contribution in [0.25, 0.3) is 0 Å². The van der Waals surface area contributed by atoms with Crippen molar-refractivity contribution in [1.29, 1.82) is 0 Å². The number of aliphatic hydroxyl groups is 1. The van der Waals surface area contributed by atoms with Crippen LogP contribution < -0.4 is 21.7 Å². The summed E-state index contributed by atoms with van der Waals surface area (Å²) >= 11 is 0. The fourth-order valence-corrected chi connectivity index (χ4v) is 2.20. The first-order valence-electron chi connectivity index (χ1n) is 9.00. The lowest BCUT2D eigenvalue weighted by Gasteiger charge is -2.24. The maximum atomic E-state index is 12.4. The summed E-state index contributed by atoms with van der Waals surface area (Å²) in [6.07, 6.45) is 1.06. The molecule has 156 valence electrons. The van der Waals surface area contributed by atoms with Crippen molar-refractivity contribution in [2.45, 2.75) is 58.7 Å². The van der Waals surface area contributed by atoms with E-state index in [1.807, 2.05) is 27.7 Å². The quantitative estimate of drug-likeness (QED) is 0.238. The average Bonchev–Trinajstić information content (AvgIpc) is 2.61. The number of nitrogens with two attached hydrogens (primary N) is 1. The number of hydrogen-bond acceptors (Lipinski definition) is 6. The van der Waals surface area contributed by atoms with Crippen LogP contribution in [-0.4, -0.2) is 65.2 Å². The largest absolute Gasteiger partial charge is 0.480 e. The van der Waals surface area contributed by atoms with E-state index in [1.165, 1.54) is 0 Å². The molecule has 0 rings (SSSR count). The molecule has 27 heavy (non-hydrogen) atoms. The van der Waals surface area contributed by atoms with Gasteiger partial charge in [0.1, 0.15) is 12.1 Å². The van der Waals surface area contributed by atoms with E-state index < -0.39 is 55.0 Å². The molecule has 0 saturated heterocycles. The number of aliphatic hydroxyl groups excluding tert-OH is 1. The van der Waals surface area contributed by atoms with Crippen LogP contribution in [0.15, 0.2) is 0 Å². The van der Waals surface area contributed by atoms with Gasteiger partial charge in [-0.25, -0.2) is 4.79 Å². The van der Waals surface area contributed by atoms with Gasteiger partial charge >= 0.3 is 5.97 Å². The third-order valence-corrected chi connectivity index (χ3v) is 4.14. The minimum absolute atomic E-state index is 0.0510. The van der Waals surface area contributed by atoms with Crippen LogP contribution in [0.1, 0.15) is 40.5 Å². The smallest absolute Gasteiger partial charge is 0.328 e. The van der Waals surface area contributed by atoms with Gasteiger partial charge in [-0.05, 0) is 18.3 Å². The maximum Gasteiger partial charge on any atom is 0.328 e. The van der Waals surface area contributed by atoms with Crippen LogP contribution in [0.5, 0.6) is 0 Å². The molecule has 0 aromatic carbocycles. The molecule has 0 aliphatic heterocycles. The normalized spacial score (nSPS) is 15.4. The summed E-state index contributed by atoms with van der Waals surface area (Å²) in [6, 6.07) is -3.07. The van der Waals surface area contributed by atoms with E-state index in [0.717, 1.165) is 0 Å². The van der Waals surface area contributed by atoms with Gasteiger partial charge in [0, 0.05) is 0 Å². The number of amides is 3. The monoisotopic (exact) mass is 388 g/mol. The molecule has 0 saturated carbocycles. The van der Waals surface area contributed by atoms with Crippen molar-refractivity contribution < 1.29 is 29.4 Å². The standard InChI is InChI=1S/C17H32N4O6/c1-5-10(4)14(18)16(25)21-11(6-9(2)3)15(24)19-7-13(23)20-12(8-22)17(26)27/h9-12,14,22H,5-8,18H2,1-4H3,(H,19,24)(H,20,23)(H,21,25)(H,26,27). The van der Waals surface area contributed by atoms with Crippen LogP contribution in [-0.2, 0) is 19.2 Å². The van der Waals surface area contributed by atoms with E-state index >= 15 is 0 Å². The van der Waals surface area contributed by atoms with Crippen LogP contribution in [0, 0.1) is 11.8 Å². The number of carbonyl (C=O) groups excluding carboxylic acids is 3. The molecule has 0 aromatic rings. The first-order valence-corrected chi connectivity index (χ1v) is 9.00. The summed E-state index contributed by atoms with van der Waals surface area (Å²) in [5.41, 5.74) is 5.88. The second kappa shape index (κ2) is 12.2. The first-order chi connectivity index (χ1) is 12.5. The lowest BCUT2D eigenvalue weighted by Crippen LogP contribution is -2.55. The Kier molecular flexibility index (Phi) is 11.2. The number of carbonyl (C=O) groups is 4. The second-order valence-electron chi connectivity index (χ2n) is 6.96. The van der Waals surface area contributed by atoms with Gasteiger partial charge in [0.2, 0.25) is 17.7 Å². The van der Waals surface area contributed by atoms with E-state index in [0.29, 0.717) is 12.8 Å². The van der Waals surface area contributed by atoms with Crippen LogP contribution in [0.2, 0.25) is 0 Å². The molecule has 0 heterocycles. The predicted molar refractivity (Wildman–Crippen MR) is 98.5 cm³/mol. The van der Waals surface area contributed by atoms with Crippen molar-refractivity contribution in [2.24, 2.45) is 17.6 Å². The zero-order valence-electron chi connectivity index (χ0n) is 16.3. The Balaban J connectivity index is 4.81. The minimum Gasteiger partial charge on any atom is -0.480 e. The summed E-state index contributed by atoms with van der Waals surface area (Å²) in [5.74, 6) is -3.12. The SMILES string of the molecule is CCC(C)C(N)C(=O)NC(CC(C)C)C(=O)NCC(=O)NC(CO)C(=O)O. The highest BCUT2D eigenvalue weighted by Crippen LogP contribution is 2.08. The fraction of sp³-hybridized carbons (Fsp3) is 0.765. The molecular formula is C17H32N4O6. The van der Waals surface area contributed by atoms with Crippen molar-refractivity contribution in [1.82, 2.24) is 16.0 Å². The Labute approximate surface area is 159 Å². The molecule has 0 bridgehead atoms. The molecular weight excluding hydrogens is 356 g/mol. The Morgan fingerprint density at radius 3 is 2.04 bits per heavy atom. The molecule has 4 unspecified atom stereocenters. The maximum absolute atomic E-state index is 12.4. The van der Waals surface area contributed by atoms with Gasteiger partial charge in [-0.1, -0.05) is 34.1 Å². The number of carboxylic acid groups (broad SMARTS) is 1.